The normalized spacial score (nSPS) is 25.0. The van der Waals surface area contributed by atoms with Crippen molar-refractivity contribution in [1.29, 1.82) is 0 Å². The Morgan fingerprint density at radius 1 is 1.06 bits per heavy atom. The number of aromatic nitrogens is 5. The highest BCUT2D eigenvalue weighted by atomic mass is 79.9. The van der Waals surface area contributed by atoms with Gasteiger partial charge in [0.05, 0.1) is 23.2 Å². The second-order valence-electron chi connectivity index (χ2n) is 15.9. The molecule has 1 amide bonds. The fourth-order valence-corrected chi connectivity index (χ4v) is 7.55. The number of ether oxygens (including phenoxy) is 6. The first-order chi connectivity index (χ1) is 24.8. The molecule has 0 radical (unpaired) electrons. The third kappa shape index (κ3) is 9.23. The fourth-order valence-electron chi connectivity index (χ4n) is 6.62. The molecule has 0 bridgehead atoms. The van der Waals surface area contributed by atoms with Crippen molar-refractivity contribution < 1.29 is 42.4 Å². The average Bonchev–Trinajstić information content (AvgIpc) is 3.43. The van der Waals surface area contributed by atoms with Gasteiger partial charge in [0.25, 0.3) is 0 Å². The Kier molecular flexibility index (Phi) is 11.3. The van der Waals surface area contributed by atoms with Crippen LogP contribution in [0.25, 0.3) is 11.2 Å². The summed E-state index contributed by atoms with van der Waals surface area (Å²) in [5, 5.41) is 9.61. The van der Waals surface area contributed by atoms with Gasteiger partial charge in [0.2, 0.25) is 0 Å². The van der Waals surface area contributed by atoms with Gasteiger partial charge in [-0.15, -0.1) is 5.10 Å². The van der Waals surface area contributed by atoms with Crippen molar-refractivity contribution in [3.63, 3.8) is 0 Å². The van der Waals surface area contributed by atoms with Crippen LogP contribution in [0.3, 0.4) is 0 Å². The minimum atomic E-state index is -0.901. The van der Waals surface area contributed by atoms with Crippen molar-refractivity contribution in [3.8, 4) is 0 Å². The Labute approximate surface area is 321 Å². The van der Waals surface area contributed by atoms with Gasteiger partial charge in [0, 0.05) is 24.1 Å². The molecule has 1 aliphatic heterocycles. The first-order valence-electron chi connectivity index (χ1n) is 17.9. The molecule has 290 valence electrons. The van der Waals surface area contributed by atoms with Gasteiger partial charge in [-0.2, -0.15) is 0 Å². The van der Waals surface area contributed by atoms with E-state index in [1.807, 2.05) is 19.9 Å². The van der Waals surface area contributed by atoms with E-state index in [0.29, 0.717) is 33.6 Å². The number of rotatable bonds is 11. The summed E-state index contributed by atoms with van der Waals surface area (Å²) in [5.41, 5.74) is 0.0198. The number of hydrogen-bond donors (Lipinski definition) is 0. The van der Waals surface area contributed by atoms with Crippen LogP contribution in [0.5, 0.6) is 0 Å². The molecule has 3 fully saturated rings. The minimum absolute atomic E-state index is 0.00583. The van der Waals surface area contributed by atoms with Gasteiger partial charge in [-0.1, -0.05) is 30.0 Å². The van der Waals surface area contributed by atoms with Crippen LogP contribution in [0, 0.1) is 5.82 Å². The molecule has 14 nitrogen and oxygen atoms in total. The zero-order valence-corrected chi connectivity index (χ0v) is 34.0. The van der Waals surface area contributed by atoms with E-state index < -0.39 is 53.6 Å². The van der Waals surface area contributed by atoms with Crippen molar-refractivity contribution in [2.45, 2.75) is 140 Å². The summed E-state index contributed by atoms with van der Waals surface area (Å²) in [6.07, 6.45) is -0.850. The maximum atomic E-state index is 14.6. The molecule has 17 heteroatoms. The molecule has 2 aromatic heterocycles. The summed E-state index contributed by atoms with van der Waals surface area (Å²) in [5.74, 6) is -0.427. The second kappa shape index (κ2) is 15.2. The highest BCUT2D eigenvalue weighted by molar-refractivity contribution is 9.10. The minimum Gasteiger partial charge on any atom is -0.443 e. The summed E-state index contributed by atoms with van der Waals surface area (Å²) in [7, 11) is 0. The van der Waals surface area contributed by atoms with Gasteiger partial charge in [-0.05, 0) is 102 Å². The van der Waals surface area contributed by atoms with Gasteiger partial charge < -0.3 is 28.4 Å². The van der Waals surface area contributed by atoms with Gasteiger partial charge >= 0.3 is 12.2 Å². The van der Waals surface area contributed by atoms with E-state index in [1.54, 1.807) is 52.3 Å². The molecular weight excluding hydrogens is 775 g/mol. The molecule has 0 N–H and O–H groups in total. The summed E-state index contributed by atoms with van der Waals surface area (Å²) in [4.78, 5) is 37.5. The molecule has 1 aromatic carbocycles. The van der Waals surface area contributed by atoms with Crippen LogP contribution in [0.1, 0.15) is 99.1 Å². The van der Waals surface area contributed by atoms with E-state index in [-0.39, 0.29) is 36.8 Å². The molecule has 6 rings (SSSR count). The Morgan fingerprint density at radius 3 is 2.45 bits per heavy atom. The molecule has 0 spiro atoms. The summed E-state index contributed by atoms with van der Waals surface area (Å²) in [6, 6.07) is 4.22. The number of fused-ring (bicyclic) bond motifs is 2. The number of thioether (sulfide) groups is 1. The van der Waals surface area contributed by atoms with Crippen LogP contribution in [-0.2, 0) is 28.4 Å². The lowest BCUT2D eigenvalue weighted by Crippen LogP contribution is -2.39. The molecule has 6 atom stereocenters. The van der Waals surface area contributed by atoms with Crippen molar-refractivity contribution in [2.24, 2.45) is 0 Å². The van der Waals surface area contributed by atoms with E-state index in [0.717, 1.165) is 17.7 Å². The van der Waals surface area contributed by atoms with Crippen LogP contribution in [0.4, 0.5) is 19.8 Å². The Morgan fingerprint density at radius 2 is 1.77 bits per heavy atom. The number of halogens is 2. The SMILES string of the molecule is CCCSc1nc(N(C(=O)OC(C)(C)C)C2CC2c2ccc(Br)c(F)c2)c2nnn([C@@H]3C[C@H](OCCOC(=O)OC(C)(C)C)[C@H]4OC(C)(C)O[C@H]43)c2n1. The van der Waals surface area contributed by atoms with E-state index in [1.165, 1.54) is 22.7 Å². The lowest BCUT2D eigenvalue weighted by molar-refractivity contribution is -0.171. The highest BCUT2D eigenvalue weighted by Gasteiger charge is 2.56. The number of anilines is 1. The van der Waals surface area contributed by atoms with Gasteiger partial charge in [-0.25, -0.2) is 28.6 Å². The maximum absolute atomic E-state index is 14.6. The number of hydrogen-bond acceptors (Lipinski definition) is 13. The molecule has 2 saturated carbocycles. The summed E-state index contributed by atoms with van der Waals surface area (Å²) in [6.45, 7) is 16.5. The van der Waals surface area contributed by atoms with Gasteiger partial charge in [0.15, 0.2) is 27.9 Å². The first-order valence-corrected chi connectivity index (χ1v) is 19.7. The van der Waals surface area contributed by atoms with E-state index in [9.17, 15) is 14.0 Å². The van der Waals surface area contributed by atoms with Crippen molar-refractivity contribution in [3.05, 3.63) is 34.1 Å². The fraction of sp³-hybridized carbons (Fsp3) is 0.667. The molecule has 53 heavy (non-hydrogen) atoms. The molecule has 2 aliphatic carbocycles. The van der Waals surface area contributed by atoms with Gasteiger partial charge in [-0.3, -0.25) is 4.90 Å². The first kappa shape index (κ1) is 39.6. The number of benzene rings is 1. The molecule has 3 aromatic rings. The molecule has 2 unspecified atom stereocenters. The number of nitrogens with zero attached hydrogens (tertiary/aromatic N) is 6. The standard InChI is InChI=1S/C36H48BrFN6O8S/c1-10-15-53-31-39-29(43(32(45)51-34(2,3)4)23-17-20(23)19-11-12-21(37)22(38)16-19)26-30(40-31)44(42-41-26)24-18-25(28-27(24)49-36(8,9)50-28)47-13-14-48-33(46)52-35(5,6)7/h11-12,16,20,23-25,27-28H,10,13-15,17-18H2,1-9H3/t20?,23?,24-,25+,27+,28-/m1/s1. The second-order valence-corrected chi connectivity index (χ2v) is 17.8. The third-order valence-electron chi connectivity index (χ3n) is 8.72. The highest BCUT2D eigenvalue weighted by Crippen LogP contribution is 2.49. The van der Waals surface area contributed by atoms with Crippen molar-refractivity contribution >= 4 is 56.9 Å². The van der Waals surface area contributed by atoms with Gasteiger partial charge in [0.1, 0.15) is 35.8 Å². The van der Waals surface area contributed by atoms with Crippen LogP contribution in [0.15, 0.2) is 27.8 Å². The lowest BCUT2D eigenvalue weighted by Gasteiger charge is -2.27. The van der Waals surface area contributed by atoms with E-state index in [4.69, 9.17) is 38.4 Å². The number of amides is 1. The van der Waals surface area contributed by atoms with Crippen molar-refractivity contribution in [2.75, 3.05) is 23.9 Å². The summed E-state index contributed by atoms with van der Waals surface area (Å²) >= 11 is 4.70. The molecule has 3 heterocycles. The maximum Gasteiger partial charge on any atom is 0.508 e. The topological polar surface area (TPSA) is 149 Å². The zero-order valence-electron chi connectivity index (χ0n) is 31.6. The largest absolute Gasteiger partial charge is 0.508 e. The third-order valence-corrected chi connectivity index (χ3v) is 10.4. The zero-order chi connectivity index (χ0) is 38.5. The molecule has 1 saturated heterocycles. The number of carbonyl (C=O) groups excluding carboxylic acids is 2. The Hall–Kier alpha value is -3.12. The van der Waals surface area contributed by atoms with E-state index in [2.05, 4.69) is 33.2 Å². The Bertz CT molecular complexity index is 1830. The van der Waals surface area contributed by atoms with Crippen LogP contribution in [-0.4, -0.2) is 97.5 Å². The number of carbonyl (C=O) groups is 2. The van der Waals surface area contributed by atoms with Crippen molar-refractivity contribution in [1.82, 2.24) is 25.0 Å². The monoisotopic (exact) mass is 822 g/mol. The quantitative estimate of drug-likeness (QED) is 0.0805. The molecule has 3 aliphatic rings. The predicted octanol–water partition coefficient (Wildman–Crippen LogP) is 7.72. The lowest BCUT2D eigenvalue weighted by atomic mass is 10.1. The Balaban J connectivity index is 1.33. The average molecular weight is 824 g/mol. The van der Waals surface area contributed by atoms with E-state index >= 15 is 0 Å². The van der Waals surface area contributed by atoms with Crippen LogP contribution < -0.4 is 4.90 Å². The van der Waals surface area contributed by atoms with Crippen LogP contribution in [0.2, 0.25) is 0 Å². The predicted molar refractivity (Wildman–Crippen MR) is 197 cm³/mol. The smallest absolute Gasteiger partial charge is 0.443 e. The molecular formula is C36H48BrFN6O8S. The summed E-state index contributed by atoms with van der Waals surface area (Å²) < 4.78 is 52.0. The van der Waals surface area contributed by atoms with Crippen LogP contribution >= 0.6 is 27.7 Å².